The quantitative estimate of drug-likeness (QED) is 0.357. The first-order valence-corrected chi connectivity index (χ1v) is 12.5. The topological polar surface area (TPSA) is 111 Å². The van der Waals surface area contributed by atoms with Gasteiger partial charge in [0.1, 0.15) is 5.39 Å². The van der Waals surface area contributed by atoms with Gasteiger partial charge < -0.3 is 14.8 Å². The van der Waals surface area contributed by atoms with Gasteiger partial charge in [0.15, 0.2) is 11.3 Å². The molecule has 7 rings (SSSR count). The zero-order valence-electron chi connectivity index (χ0n) is 21.4. The minimum Gasteiger partial charge on any atom is -0.346 e. The number of nitrogens with one attached hydrogen (secondary N) is 1. The van der Waals surface area contributed by atoms with Crippen LogP contribution in [0.25, 0.3) is 44.4 Å². The van der Waals surface area contributed by atoms with Crippen LogP contribution in [-0.2, 0) is 6.54 Å². The standard InChI is InChI=1S/C28H24N10O/c1-35(2)14-15-36-13-10-18-16-19(8-9-22(18)36)32-27-31-17-21-24(34-27)33-25-20-6-3-4-7-23(20)37(38(25)26(21)39)28-29-11-5-12-30-28/h3-13,16-17H,14-15H2,1-2H3,(H,31,32,34). The van der Waals surface area contributed by atoms with Gasteiger partial charge in [-0.3, -0.25) is 4.79 Å². The van der Waals surface area contributed by atoms with Crippen molar-refractivity contribution in [2.45, 2.75) is 6.54 Å². The summed E-state index contributed by atoms with van der Waals surface area (Å²) in [5.74, 6) is 0.734. The molecule has 1 N–H and O–H groups in total. The van der Waals surface area contributed by atoms with E-state index >= 15 is 0 Å². The van der Waals surface area contributed by atoms with Gasteiger partial charge in [-0.2, -0.15) is 9.50 Å². The monoisotopic (exact) mass is 516 g/mol. The first kappa shape index (κ1) is 23.0. The van der Waals surface area contributed by atoms with Crippen LogP contribution in [0, 0.1) is 0 Å². The van der Waals surface area contributed by atoms with E-state index < -0.39 is 0 Å². The maximum atomic E-state index is 13.7. The molecule has 11 heteroatoms. The van der Waals surface area contributed by atoms with Crippen molar-refractivity contribution in [3.05, 3.63) is 89.7 Å². The minimum absolute atomic E-state index is 0.298. The van der Waals surface area contributed by atoms with E-state index in [2.05, 4.69) is 73.2 Å². The fraction of sp³-hybridized carbons (Fsp3) is 0.143. The summed E-state index contributed by atoms with van der Waals surface area (Å²) in [6.45, 7) is 1.88. The Hall–Kier alpha value is -5.16. The molecule has 0 unspecified atom stereocenters. The van der Waals surface area contributed by atoms with Gasteiger partial charge in [-0.05, 0) is 56.6 Å². The summed E-state index contributed by atoms with van der Waals surface area (Å²) in [5, 5.41) is 5.48. The highest BCUT2D eigenvalue weighted by molar-refractivity contribution is 5.95. The van der Waals surface area contributed by atoms with E-state index in [1.54, 1.807) is 23.1 Å². The zero-order chi connectivity index (χ0) is 26.5. The molecule has 0 fully saturated rings. The van der Waals surface area contributed by atoms with E-state index in [0.29, 0.717) is 28.6 Å². The number of aromatic nitrogens is 8. The van der Waals surface area contributed by atoms with Crippen molar-refractivity contribution < 1.29 is 0 Å². The second-order valence-electron chi connectivity index (χ2n) is 9.57. The van der Waals surface area contributed by atoms with Crippen LogP contribution in [0.1, 0.15) is 0 Å². The van der Waals surface area contributed by atoms with Gasteiger partial charge in [0.25, 0.3) is 5.56 Å². The second kappa shape index (κ2) is 8.99. The first-order chi connectivity index (χ1) is 19.1. The fourth-order valence-electron chi connectivity index (χ4n) is 4.85. The Morgan fingerprint density at radius 3 is 2.59 bits per heavy atom. The Bertz CT molecular complexity index is 2060. The second-order valence-corrected chi connectivity index (χ2v) is 9.57. The minimum atomic E-state index is -0.300. The van der Waals surface area contributed by atoms with Crippen molar-refractivity contribution in [3.8, 4) is 5.95 Å². The van der Waals surface area contributed by atoms with Crippen LogP contribution >= 0.6 is 0 Å². The van der Waals surface area contributed by atoms with Crippen molar-refractivity contribution in [3.63, 3.8) is 0 Å². The fourth-order valence-corrected chi connectivity index (χ4v) is 4.85. The third kappa shape index (κ3) is 3.87. The Kier molecular flexibility index (Phi) is 5.30. The van der Waals surface area contributed by atoms with Crippen LogP contribution in [0.4, 0.5) is 11.6 Å². The van der Waals surface area contributed by atoms with Crippen LogP contribution in [0.5, 0.6) is 0 Å². The molecule has 0 aliphatic rings. The molecule has 5 heterocycles. The molecule has 0 bridgehead atoms. The van der Waals surface area contributed by atoms with E-state index in [-0.39, 0.29) is 5.56 Å². The van der Waals surface area contributed by atoms with Gasteiger partial charge in [-0.25, -0.2) is 24.6 Å². The number of fused-ring (bicyclic) bond motifs is 5. The molecule has 0 spiro atoms. The number of anilines is 2. The Balaban J connectivity index is 1.31. The van der Waals surface area contributed by atoms with Gasteiger partial charge in [0.05, 0.1) is 5.52 Å². The largest absolute Gasteiger partial charge is 0.346 e. The van der Waals surface area contributed by atoms with Crippen molar-refractivity contribution in [1.29, 1.82) is 0 Å². The highest BCUT2D eigenvalue weighted by Gasteiger charge is 2.19. The van der Waals surface area contributed by atoms with Gasteiger partial charge in [-0.15, -0.1) is 0 Å². The molecule has 0 aliphatic heterocycles. The smallest absolute Gasteiger partial charge is 0.284 e. The number of likely N-dealkylation sites (N-methyl/N-ethyl adjacent to an activating group) is 1. The van der Waals surface area contributed by atoms with Gasteiger partial charge in [0.2, 0.25) is 11.9 Å². The van der Waals surface area contributed by atoms with Gasteiger partial charge in [0, 0.05) is 59.9 Å². The molecule has 5 aromatic heterocycles. The molecular weight excluding hydrogens is 492 g/mol. The third-order valence-corrected chi connectivity index (χ3v) is 6.73. The summed E-state index contributed by atoms with van der Waals surface area (Å²) < 4.78 is 5.39. The number of rotatable bonds is 6. The average Bonchev–Trinajstić information content (AvgIpc) is 3.51. The Labute approximate surface area is 222 Å². The normalized spacial score (nSPS) is 11.9. The van der Waals surface area contributed by atoms with E-state index in [1.807, 2.05) is 30.3 Å². The highest BCUT2D eigenvalue weighted by Crippen LogP contribution is 2.25. The van der Waals surface area contributed by atoms with Gasteiger partial charge >= 0.3 is 0 Å². The van der Waals surface area contributed by atoms with Gasteiger partial charge in [-0.1, -0.05) is 12.1 Å². The SMILES string of the molecule is CN(C)CCn1ccc2cc(Nc3ncc4c(=O)n5c(nc4n3)c3ccccc3n5-c3ncccn3)ccc21. The molecule has 0 saturated carbocycles. The van der Waals surface area contributed by atoms with Crippen LogP contribution < -0.4 is 10.9 Å². The maximum Gasteiger partial charge on any atom is 0.284 e. The molecule has 0 atom stereocenters. The zero-order valence-corrected chi connectivity index (χ0v) is 21.4. The molecule has 0 aliphatic carbocycles. The first-order valence-electron chi connectivity index (χ1n) is 12.5. The van der Waals surface area contributed by atoms with Crippen molar-refractivity contribution in [1.82, 2.24) is 43.6 Å². The summed E-state index contributed by atoms with van der Waals surface area (Å²) in [6, 6.07) is 17.6. The maximum absolute atomic E-state index is 13.7. The molecule has 2 aromatic carbocycles. The number of benzene rings is 2. The van der Waals surface area contributed by atoms with Crippen LogP contribution in [0.3, 0.4) is 0 Å². The van der Waals surface area contributed by atoms with E-state index in [1.165, 1.54) is 10.7 Å². The molecule has 0 saturated heterocycles. The van der Waals surface area contributed by atoms with Crippen LogP contribution in [0.2, 0.25) is 0 Å². The predicted octanol–water partition coefficient (Wildman–Crippen LogP) is 3.63. The molecule has 0 amide bonds. The van der Waals surface area contributed by atoms with E-state index in [0.717, 1.165) is 40.6 Å². The van der Waals surface area contributed by atoms with E-state index in [9.17, 15) is 4.79 Å². The summed E-state index contributed by atoms with van der Waals surface area (Å²) >= 11 is 0. The predicted molar refractivity (Wildman–Crippen MR) is 151 cm³/mol. The lowest BCUT2D eigenvalue weighted by molar-refractivity contribution is 0.387. The van der Waals surface area contributed by atoms with Crippen molar-refractivity contribution in [2.75, 3.05) is 26.0 Å². The number of hydrogen-bond acceptors (Lipinski definition) is 8. The highest BCUT2D eigenvalue weighted by atomic mass is 16.1. The Morgan fingerprint density at radius 2 is 1.74 bits per heavy atom. The number of nitrogens with zero attached hydrogens (tertiary/aromatic N) is 9. The summed E-state index contributed by atoms with van der Waals surface area (Å²) in [6.07, 6.45) is 6.89. The lowest BCUT2D eigenvalue weighted by Gasteiger charge is -2.11. The average molecular weight is 517 g/mol. The summed E-state index contributed by atoms with van der Waals surface area (Å²) in [4.78, 5) is 38.4. The molecule has 0 radical (unpaired) electrons. The summed E-state index contributed by atoms with van der Waals surface area (Å²) in [7, 11) is 4.14. The number of hydrogen-bond donors (Lipinski definition) is 1. The van der Waals surface area contributed by atoms with E-state index in [4.69, 9.17) is 4.98 Å². The molecule has 39 heavy (non-hydrogen) atoms. The van der Waals surface area contributed by atoms with Crippen LogP contribution in [-0.4, -0.2) is 64.2 Å². The molecular formula is C28H24N10O. The lowest BCUT2D eigenvalue weighted by atomic mass is 10.2. The third-order valence-electron chi connectivity index (χ3n) is 6.73. The molecule has 11 nitrogen and oxygen atoms in total. The number of para-hydroxylation sites is 1. The lowest BCUT2D eigenvalue weighted by Crippen LogP contribution is -2.22. The summed E-state index contributed by atoms with van der Waals surface area (Å²) in [5.41, 5.74) is 3.26. The molecule has 7 aromatic rings. The van der Waals surface area contributed by atoms with Crippen LogP contribution in [0.15, 0.2) is 84.2 Å². The molecule has 192 valence electrons. The van der Waals surface area contributed by atoms with Crippen molar-refractivity contribution in [2.24, 2.45) is 0 Å². The van der Waals surface area contributed by atoms with Crippen molar-refractivity contribution >= 4 is 50.1 Å². The Morgan fingerprint density at radius 1 is 0.897 bits per heavy atom.